The molecule has 0 unspecified atom stereocenters. The second kappa shape index (κ2) is 10.7. The highest BCUT2D eigenvalue weighted by Crippen LogP contribution is 2.32. The van der Waals surface area contributed by atoms with Gasteiger partial charge in [-0.2, -0.15) is 0 Å². The molecular formula is C21H27ClN2O2S. The number of amides is 1. The van der Waals surface area contributed by atoms with Crippen molar-refractivity contribution in [3.05, 3.63) is 60.2 Å². The highest BCUT2D eigenvalue weighted by atomic mass is 35.5. The Morgan fingerprint density at radius 3 is 2.48 bits per heavy atom. The Morgan fingerprint density at radius 1 is 1.11 bits per heavy atom. The maximum Gasteiger partial charge on any atom is 0.228 e. The molecule has 0 atom stereocenters. The molecule has 3 rings (SSSR count). The molecule has 0 radical (unpaired) electrons. The van der Waals surface area contributed by atoms with Gasteiger partial charge in [0, 0.05) is 23.4 Å². The Bertz CT molecular complexity index is 716. The fourth-order valence-corrected chi connectivity index (χ4v) is 4.31. The van der Waals surface area contributed by atoms with Gasteiger partial charge in [0.1, 0.15) is 0 Å². The van der Waals surface area contributed by atoms with Crippen molar-refractivity contribution < 1.29 is 9.53 Å². The summed E-state index contributed by atoms with van der Waals surface area (Å²) in [6, 6.07) is 18.5. The van der Waals surface area contributed by atoms with Crippen LogP contribution in [0.25, 0.3) is 0 Å². The maximum atomic E-state index is 12.9. The smallest absolute Gasteiger partial charge is 0.228 e. The summed E-state index contributed by atoms with van der Waals surface area (Å²) in [4.78, 5) is 15.3. The van der Waals surface area contributed by atoms with E-state index in [9.17, 15) is 4.79 Å². The number of carbonyl (C=O) groups excluding carboxylic acids is 1. The lowest BCUT2D eigenvalue weighted by atomic mass is 9.78. The molecule has 2 aromatic rings. The van der Waals surface area contributed by atoms with Crippen molar-refractivity contribution >= 4 is 30.1 Å². The maximum absolute atomic E-state index is 12.9. The minimum Gasteiger partial charge on any atom is -0.384 e. The van der Waals surface area contributed by atoms with Crippen molar-refractivity contribution in [1.29, 1.82) is 0 Å². The first kappa shape index (κ1) is 21.8. The first-order chi connectivity index (χ1) is 12.7. The van der Waals surface area contributed by atoms with E-state index >= 15 is 0 Å². The molecule has 6 heteroatoms. The lowest BCUT2D eigenvalue weighted by Crippen LogP contribution is -2.50. The van der Waals surface area contributed by atoms with Gasteiger partial charge in [0.15, 0.2) is 0 Å². The molecule has 0 aromatic heterocycles. The minimum atomic E-state index is -0.415. The first-order valence-corrected chi connectivity index (χ1v) is 9.84. The molecule has 1 amide bonds. The number of carbonyl (C=O) groups is 1. The number of methoxy groups -OCH3 is 1. The summed E-state index contributed by atoms with van der Waals surface area (Å²) in [6.07, 6.45) is 1.63. The van der Waals surface area contributed by atoms with Crippen LogP contribution in [0, 0.1) is 5.41 Å². The second-order valence-corrected chi connectivity index (χ2v) is 7.78. The van der Waals surface area contributed by atoms with Crippen LogP contribution in [0.5, 0.6) is 0 Å². The molecule has 1 aliphatic heterocycles. The van der Waals surface area contributed by atoms with E-state index in [1.54, 1.807) is 18.9 Å². The van der Waals surface area contributed by atoms with E-state index in [1.165, 1.54) is 9.79 Å². The predicted octanol–water partition coefficient (Wildman–Crippen LogP) is 3.89. The SMILES string of the molecule is COCC1(C(=O)NCc2ccccc2Sc2ccccc2)CCNCC1.Cl. The van der Waals surface area contributed by atoms with Gasteiger partial charge in [0.2, 0.25) is 5.91 Å². The number of rotatable bonds is 7. The molecule has 146 valence electrons. The van der Waals surface area contributed by atoms with E-state index < -0.39 is 5.41 Å². The zero-order valence-corrected chi connectivity index (χ0v) is 17.2. The molecule has 1 saturated heterocycles. The lowest BCUT2D eigenvalue weighted by Gasteiger charge is -2.35. The van der Waals surface area contributed by atoms with E-state index in [2.05, 4.69) is 34.9 Å². The topological polar surface area (TPSA) is 50.4 Å². The average Bonchev–Trinajstić information content (AvgIpc) is 2.69. The molecule has 0 aliphatic carbocycles. The van der Waals surface area contributed by atoms with Crippen molar-refractivity contribution in [2.75, 3.05) is 26.8 Å². The van der Waals surface area contributed by atoms with Gasteiger partial charge in [0.05, 0.1) is 12.0 Å². The third kappa shape index (κ3) is 5.72. The van der Waals surface area contributed by atoms with Crippen LogP contribution < -0.4 is 10.6 Å². The molecule has 27 heavy (non-hydrogen) atoms. The van der Waals surface area contributed by atoms with E-state index in [0.717, 1.165) is 31.5 Å². The summed E-state index contributed by atoms with van der Waals surface area (Å²) < 4.78 is 5.37. The van der Waals surface area contributed by atoms with Crippen LogP contribution in [-0.4, -0.2) is 32.7 Å². The Hall–Kier alpha value is -1.53. The second-order valence-electron chi connectivity index (χ2n) is 6.67. The van der Waals surface area contributed by atoms with Crippen LogP contribution in [0.3, 0.4) is 0 Å². The van der Waals surface area contributed by atoms with E-state index in [1.807, 2.05) is 30.3 Å². The van der Waals surface area contributed by atoms with Crippen molar-refractivity contribution in [3.63, 3.8) is 0 Å². The first-order valence-electron chi connectivity index (χ1n) is 9.02. The van der Waals surface area contributed by atoms with Crippen molar-refractivity contribution in [2.45, 2.75) is 29.2 Å². The molecule has 0 saturated carbocycles. The van der Waals surface area contributed by atoms with Gasteiger partial charge >= 0.3 is 0 Å². The molecule has 0 spiro atoms. The van der Waals surface area contributed by atoms with Gasteiger partial charge in [-0.15, -0.1) is 12.4 Å². The summed E-state index contributed by atoms with van der Waals surface area (Å²) in [5.41, 5.74) is 0.720. The van der Waals surface area contributed by atoms with Crippen molar-refractivity contribution in [1.82, 2.24) is 10.6 Å². The van der Waals surface area contributed by atoms with Crippen LogP contribution in [0.4, 0.5) is 0 Å². The Balaban J connectivity index is 0.00000261. The molecule has 1 heterocycles. The molecule has 2 N–H and O–H groups in total. The summed E-state index contributed by atoms with van der Waals surface area (Å²) >= 11 is 1.72. The van der Waals surface area contributed by atoms with Gasteiger partial charge in [-0.25, -0.2) is 0 Å². The minimum absolute atomic E-state index is 0. The molecule has 1 aliphatic rings. The van der Waals surface area contributed by atoms with Gasteiger partial charge in [-0.05, 0) is 49.7 Å². The summed E-state index contributed by atoms with van der Waals surface area (Å²) in [5.74, 6) is 0.0976. The Kier molecular flexibility index (Phi) is 8.64. The highest BCUT2D eigenvalue weighted by molar-refractivity contribution is 7.99. The number of hydrogen-bond donors (Lipinski definition) is 2. The van der Waals surface area contributed by atoms with Gasteiger partial charge < -0.3 is 15.4 Å². The molecule has 1 fully saturated rings. The monoisotopic (exact) mass is 406 g/mol. The predicted molar refractivity (Wildman–Crippen MR) is 113 cm³/mol. The van der Waals surface area contributed by atoms with Crippen molar-refractivity contribution in [3.8, 4) is 0 Å². The molecule has 0 bridgehead atoms. The molecule has 2 aromatic carbocycles. The van der Waals surface area contributed by atoms with Gasteiger partial charge in [-0.3, -0.25) is 4.79 Å². The number of hydrogen-bond acceptors (Lipinski definition) is 4. The normalized spacial score (nSPS) is 15.6. The van der Waals surface area contributed by atoms with Crippen LogP contribution in [0.2, 0.25) is 0 Å². The zero-order chi connectivity index (χ0) is 18.2. The third-order valence-electron chi connectivity index (χ3n) is 4.85. The zero-order valence-electron chi connectivity index (χ0n) is 15.6. The van der Waals surface area contributed by atoms with Crippen LogP contribution in [0.1, 0.15) is 18.4 Å². The summed E-state index contributed by atoms with van der Waals surface area (Å²) in [6.45, 7) is 2.73. The van der Waals surface area contributed by atoms with E-state index in [0.29, 0.717) is 13.2 Å². The number of halogens is 1. The average molecular weight is 407 g/mol. The third-order valence-corrected chi connectivity index (χ3v) is 5.97. The fraction of sp³-hybridized carbons (Fsp3) is 0.381. The van der Waals surface area contributed by atoms with Crippen LogP contribution in [0.15, 0.2) is 64.4 Å². The van der Waals surface area contributed by atoms with E-state index in [4.69, 9.17) is 4.74 Å². The summed E-state index contributed by atoms with van der Waals surface area (Å²) in [7, 11) is 1.67. The Morgan fingerprint density at radius 2 is 1.78 bits per heavy atom. The van der Waals surface area contributed by atoms with Gasteiger partial charge in [0.25, 0.3) is 0 Å². The number of piperidine rings is 1. The molecule has 4 nitrogen and oxygen atoms in total. The highest BCUT2D eigenvalue weighted by Gasteiger charge is 2.39. The quantitative estimate of drug-likeness (QED) is 0.732. The number of nitrogens with one attached hydrogen (secondary N) is 2. The largest absolute Gasteiger partial charge is 0.384 e. The lowest BCUT2D eigenvalue weighted by molar-refractivity contribution is -0.136. The number of ether oxygens (including phenoxy) is 1. The fourth-order valence-electron chi connectivity index (χ4n) is 3.35. The molecular weight excluding hydrogens is 380 g/mol. The number of benzene rings is 2. The van der Waals surface area contributed by atoms with E-state index in [-0.39, 0.29) is 18.3 Å². The van der Waals surface area contributed by atoms with Crippen LogP contribution in [-0.2, 0) is 16.1 Å². The standard InChI is InChI=1S/C21H26N2O2S.ClH/c1-25-16-21(11-13-22-14-12-21)20(24)23-15-17-7-5-6-10-19(17)26-18-8-3-2-4-9-18;/h2-10,22H,11-16H2,1H3,(H,23,24);1H. The van der Waals surface area contributed by atoms with Gasteiger partial charge in [-0.1, -0.05) is 48.2 Å². The van der Waals surface area contributed by atoms with Crippen LogP contribution >= 0.6 is 24.2 Å². The van der Waals surface area contributed by atoms with Crippen molar-refractivity contribution in [2.24, 2.45) is 5.41 Å². The Labute approximate surface area is 171 Å². The summed E-state index contributed by atoms with van der Waals surface area (Å²) in [5, 5.41) is 6.48.